The smallest absolute Gasteiger partial charge is 0.257 e. The summed E-state index contributed by atoms with van der Waals surface area (Å²) in [5.74, 6) is 1.18. The summed E-state index contributed by atoms with van der Waals surface area (Å²) in [6, 6.07) is 3.91. The number of aromatic nitrogens is 2. The van der Waals surface area contributed by atoms with Crippen molar-refractivity contribution in [2.75, 3.05) is 39.3 Å². The van der Waals surface area contributed by atoms with Crippen LogP contribution in [0.4, 0.5) is 0 Å². The Hall–Kier alpha value is -1.77. The van der Waals surface area contributed by atoms with Gasteiger partial charge in [0, 0.05) is 6.54 Å². The highest BCUT2D eigenvalue weighted by Gasteiger charge is 2.30. The Morgan fingerprint density at radius 1 is 1.28 bits per heavy atom. The first-order valence-electron chi connectivity index (χ1n) is 8.79. The number of hydrogen-bond acceptors (Lipinski definition) is 7. The molecule has 7 nitrogen and oxygen atoms in total. The summed E-state index contributed by atoms with van der Waals surface area (Å²) in [7, 11) is 0. The fourth-order valence-corrected chi connectivity index (χ4v) is 3.96. The van der Waals surface area contributed by atoms with Crippen LogP contribution < -0.4 is 0 Å². The van der Waals surface area contributed by atoms with Gasteiger partial charge in [-0.25, -0.2) is 0 Å². The second kappa shape index (κ2) is 7.63. The van der Waals surface area contributed by atoms with Crippen molar-refractivity contribution in [3.63, 3.8) is 0 Å². The van der Waals surface area contributed by atoms with E-state index in [9.17, 15) is 4.79 Å². The van der Waals surface area contributed by atoms with Gasteiger partial charge in [0.2, 0.25) is 11.7 Å². The van der Waals surface area contributed by atoms with Gasteiger partial charge in [-0.2, -0.15) is 4.98 Å². The normalized spacial score (nSPS) is 22.2. The number of piperidine rings is 1. The highest BCUT2D eigenvalue weighted by Crippen LogP contribution is 2.26. The third-order valence-electron chi connectivity index (χ3n) is 4.69. The van der Waals surface area contributed by atoms with Crippen LogP contribution in [0.2, 0.25) is 0 Å². The maximum Gasteiger partial charge on any atom is 0.257 e. The molecule has 134 valence electrons. The third kappa shape index (κ3) is 3.91. The van der Waals surface area contributed by atoms with Gasteiger partial charge in [0.25, 0.3) is 5.89 Å². The van der Waals surface area contributed by atoms with E-state index >= 15 is 0 Å². The van der Waals surface area contributed by atoms with Crippen LogP contribution in [0.5, 0.6) is 0 Å². The number of hydrogen-bond donors (Lipinski definition) is 0. The Labute approximate surface area is 150 Å². The molecular weight excluding hydrogens is 340 g/mol. The Bertz CT molecular complexity index is 697. The molecule has 2 saturated heterocycles. The number of carbonyl (C=O) groups excluding carboxylic acids is 1. The number of amides is 1. The maximum absolute atomic E-state index is 12.6. The molecule has 4 heterocycles. The van der Waals surface area contributed by atoms with Crippen LogP contribution in [-0.4, -0.2) is 65.2 Å². The van der Waals surface area contributed by atoms with Gasteiger partial charge in [0.15, 0.2) is 6.10 Å². The van der Waals surface area contributed by atoms with Gasteiger partial charge in [0.1, 0.15) is 0 Å². The lowest BCUT2D eigenvalue weighted by Crippen LogP contribution is -2.47. The molecule has 1 amide bonds. The average Bonchev–Trinajstić information content (AvgIpc) is 3.34. The van der Waals surface area contributed by atoms with Crippen molar-refractivity contribution < 1.29 is 14.1 Å². The molecule has 0 aliphatic carbocycles. The molecule has 2 aliphatic rings. The molecule has 0 saturated carbocycles. The Morgan fingerprint density at radius 3 is 2.96 bits per heavy atom. The van der Waals surface area contributed by atoms with Crippen molar-refractivity contribution in [1.82, 2.24) is 19.9 Å². The average molecular weight is 362 g/mol. The molecule has 2 fully saturated rings. The van der Waals surface area contributed by atoms with Crippen molar-refractivity contribution in [2.24, 2.45) is 0 Å². The molecule has 0 radical (unpaired) electrons. The van der Waals surface area contributed by atoms with Crippen molar-refractivity contribution >= 4 is 17.2 Å². The molecule has 8 heteroatoms. The van der Waals surface area contributed by atoms with Gasteiger partial charge in [-0.05, 0) is 37.4 Å². The molecule has 0 N–H and O–H groups in total. The van der Waals surface area contributed by atoms with Crippen molar-refractivity contribution in [3.05, 3.63) is 23.4 Å². The first kappa shape index (κ1) is 16.7. The lowest BCUT2D eigenvalue weighted by atomic mass is 10.1. The maximum atomic E-state index is 12.6. The van der Waals surface area contributed by atoms with Crippen LogP contribution >= 0.6 is 11.3 Å². The van der Waals surface area contributed by atoms with Gasteiger partial charge >= 0.3 is 0 Å². The Balaban J connectivity index is 1.38. The molecule has 2 aromatic heterocycles. The fraction of sp³-hybridized carbons (Fsp3) is 0.588. The number of nitrogens with zero attached hydrogens (tertiary/aromatic N) is 4. The lowest BCUT2D eigenvalue weighted by molar-refractivity contribution is -0.141. The summed E-state index contributed by atoms with van der Waals surface area (Å²) in [5.41, 5.74) is 0. The lowest BCUT2D eigenvalue weighted by Gasteiger charge is -2.33. The van der Waals surface area contributed by atoms with E-state index in [0.29, 0.717) is 38.0 Å². The van der Waals surface area contributed by atoms with Crippen LogP contribution in [0, 0.1) is 0 Å². The summed E-state index contributed by atoms with van der Waals surface area (Å²) in [6.07, 6.45) is 3.30. The zero-order valence-electron chi connectivity index (χ0n) is 14.1. The van der Waals surface area contributed by atoms with E-state index in [0.717, 1.165) is 18.0 Å². The molecule has 25 heavy (non-hydrogen) atoms. The highest BCUT2D eigenvalue weighted by molar-refractivity contribution is 7.13. The van der Waals surface area contributed by atoms with Gasteiger partial charge < -0.3 is 14.2 Å². The first-order chi connectivity index (χ1) is 12.3. The minimum atomic E-state index is -0.347. The predicted octanol–water partition coefficient (Wildman–Crippen LogP) is 2.18. The summed E-state index contributed by atoms with van der Waals surface area (Å²) < 4.78 is 11.1. The molecule has 4 rings (SSSR count). The standard InChI is InChI=1S/C17H22N4O3S/c22-15(12-20-6-2-1-3-7-20)21-8-9-23-13(11-21)17-18-16(19-24-17)14-5-4-10-25-14/h4-5,10,13H,1-3,6-9,11-12H2/t13-/m0/s1. The SMILES string of the molecule is O=C(CN1CCCCC1)N1CCO[C@H](c2nc(-c3cccs3)no2)C1. The molecule has 1 atom stereocenters. The number of likely N-dealkylation sites (tertiary alicyclic amines) is 1. The zero-order chi connectivity index (χ0) is 17.1. The summed E-state index contributed by atoms with van der Waals surface area (Å²) >= 11 is 1.57. The van der Waals surface area contributed by atoms with E-state index in [2.05, 4.69) is 15.0 Å². The van der Waals surface area contributed by atoms with E-state index in [1.807, 2.05) is 22.4 Å². The molecule has 0 bridgehead atoms. The summed E-state index contributed by atoms with van der Waals surface area (Å²) in [6.45, 7) is 4.12. The second-order valence-electron chi connectivity index (χ2n) is 6.47. The number of rotatable bonds is 4. The van der Waals surface area contributed by atoms with Gasteiger partial charge in [-0.15, -0.1) is 11.3 Å². The van der Waals surface area contributed by atoms with E-state index in [-0.39, 0.29) is 12.0 Å². The topological polar surface area (TPSA) is 71.7 Å². The minimum absolute atomic E-state index is 0.160. The van der Waals surface area contributed by atoms with Gasteiger partial charge in [0.05, 0.1) is 24.6 Å². The largest absolute Gasteiger partial charge is 0.365 e. The van der Waals surface area contributed by atoms with Gasteiger partial charge in [-0.3, -0.25) is 9.69 Å². The number of carbonyl (C=O) groups is 1. The van der Waals surface area contributed by atoms with Gasteiger partial charge in [-0.1, -0.05) is 17.6 Å². The third-order valence-corrected chi connectivity index (χ3v) is 5.55. The summed E-state index contributed by atoms with van der Waals surface area (Å²) in [4.78, 5) is 22.1. The van der Waals surface area contributed by atoms with Crippen molar-refractivity contribution in [2.45, 2.75) is 25.4 Å². The number of morpholine rings is 1. The van der Waals surface area contributed by atoms with Crippen LogP contribution in [0.15, 0.2) is 22.0 Å². The van der Waals surface area contributed by atoms with Crippen molar-refractivity contribution in [3.8, 4) is 10.7 Å². The first-order valence-corrected chi connectivity index (χ1v) is 9.67. The minimum Gasteiger partial charge on any atom is -0.365 e. The van der Waals surface area contributed by atoms with Crippen LogP contribution in [-0.2, 0) is 9.53 Å². The van der Waals surface area contributed by atoms with Crippen molar-refractivity contribution in [1.29, 1.82) is 0 Å². The highest BCUT2D eigenvalue weighted by atomic mass is 32.1. The zero-order valence-corrected chi connectivity index (χ0v) is 14.9. The van der Waals surface area contributed by atoms with E-state index < -0.39 is 0 Å². The molecule has 0 spiro atoms. The number of thiophene rings is 1. The van der Waals surface area contributed by atoms with E-state index in [4.69, 9.17) is 9.26 Å². The van der Waals surface area contributed by atoms with E-state index in [1.54, 1.807) is 11.3 Å². The quantitative estimate of drug-likeness (QED) is 0.830. The fourth-order valence-electron chi connectivity index (χ4n) is 3.31. The predicted molar refractivity (Wildman–Crippen MR) is 93.2 cm³/mol. The van der Waals surface area contributed by atoms with E-state index in [1.165, 1.54) is 19.3 Å². The Kier molecular flexibility index (Phi) is 5.09. The van der Waals surface area contributed by atoms with Crippen LogP contribution in [0.1, 0.15) is 31.3 Å². The van der Waals surface area contributed by atoms with Crippen LogP contribution in [0.3, 0.4) is 0 Å². The monoisotopic (exact) mass is 362 g/mol. The Morgan fingerprint density at radius 2 is 2.16 bits per heavy atom. The molecule has 0 unspecified atom stereocenters. The molecule has 2 aliphatic heterocycles. The number of ether oxygens (including phenoxy) is 1. The summed E-state index contributed by atoms with van der Waals surface area (Å²) in [5, 5.41) is 6.01. The molecule has 0 aromatic carbocycles. The molecule has 2 aromatic rings. The molecular formula is C17H22N4O3S. The second-order valence-corrected chi connectivity index (χ2v) is 7.42. The van der Waals surface area contributed by atoms with Crippen LogP contribution in [0.25, 0.3) is 10.7 Å².